The van der Waals surface area contributed by atoms with E-state index in [-0.39, 0.29) is 39.5 Å². The van der Waals surface area contributed by atoms with Crippen molar-refractivity contribution in [1.29, 1.82) is 0 Å². The minimum absolute atomic E-state index is 0.00631. The minimum Gasteiger partial charge on any atom is -0.507 e. The molecule has 10 heteroatoms. The van der Waals surface area contributed by atoms with Crippen LogP contribution in [0.3, 0.4) is 0 Å². The number of aryl methyl sites for hydroxylation is 1. The van der Waals surface area contributed by atoms with Crippen LogP contribution in [0.25, 0.3) is 0 Å². The summed E-state index contributed by atoms with van der Waals surface area (Å²) in [6.07, 6.45) is 1.57. The average molecular weight is 453 g/mol. The van der Waals surface area contributed by atoms with Crippen molar-refractivity contribution in [3.05, 3.63) is 51.5 Å². The summed E-state index contributed by atoms with van der Waals surface area (Å²) >= 11 is 0. The van der Waals surface area contributed by atoms with Gasteiger partial charge in [0.25, 0.3) is 0 Å². The minimum atomic E-state index is -1.54. The Hall–Kier alpha value is -3.95. The van der Waals surface area contributed by atoms with Crippen LogP contribution in [0.4, 0.5) is 0 Å². The number of hydrogen-bond donors (Lipinski definition) is 3. The summed E-state index contributed by atoms with van der Waals surface area (Å²) in [4.78, 5) is 42.9. The number of carbonyl (C=O) groups is 3. The van der Waals surface area contributed by atoms with Crippen LogP contribution in [-0.2, 0) is 21.4 Å². The SMILES string of the molecule is CC(=O)c1c(O)c(C)c(O)c2c1OC1=CC(=O)C(=C(C)NCCc3nc(C)no3)C(=O)C12C. The van der Waals surface area contributed by atoms with Gasteiger partial charge in [0.15, 0.2) is 23.2 Å². The number of hydrogen-bond acceptors (Lipinski definition) is 10. The highest BCUT2D eigenvalue weighted by Gasteiger charge is 2.56. The maximum absolute atomic E-state index is 13.7. The summed E-state index contributed by atoms with van der Waals surface area (Å²) in [5.74, 6) is -1.63. The quantitative estimate of drug-likeness (QED) is 0.348. The molecule has 1 aliphatic heterocycles. The lowest BCUT2D eigenvalue weighted by atomic mass is 9.70. The van der Waals surface area contributed by atoms with Crippen LogP contribution in [0.2, 0.25) is 0 Å². The molecule has 1 aliphatic carbocycles. The van der Waals surface area contributed by atoms with Crippen molar-refractivity contribution in [2.75, 3.05) is 6.54 Å². The van der Waals surface area contributed by atoms with E-state index in [4.69, 9.17) is 9.26 Å². The molecule has 1 unspecified atom stereocenters. The molecule has 2 aromatic rings. The predicted molar refractivity (Wildman–Crippen MR) is 114 cm³/mol. The molecule has 0 saturated carbocycles. The van der Waals surface area contributed by atoms with Crippen molar-refractivity contribution in [3.8, 4) is 17.2 Å². The van der Waals surface area contributed by atoms with Gasteiger partial charge in [0.1, 0.15) is 34.0 Å². The van der Waals surface area contributed by atoms with Gasteiger partial charge in [-0.05, 0) is 34.6 Å². The first-order valence-electron chi connectivity index (χ1n) is 10.3. The third kappa shape index (κ3) is 3.21. The van der Waals surface area contributed by atoms with E-state index in [0.29, 0.717) is 30.4 Å². The number of ketones is 3. The molecule has 0 radical (unpaired) electrons. The molecule has 10 nitrogen and oxygen atoms in total. The van der Waals surface area contributed by atoms with E-state index in [2.05, 4.69) is 15.5 Å². The number of rotatable bonds is 5. The number of aromatic hydroxyl groups is 2. The summed E-state index contributed by atoms with van der Waals surface area (Å²) in [6.45, 7) is 7.84. The van der Waals surface area contributed by atoms with Gasteiger partial charge in [-0.1, -0.05) is 5.16 Å². The first-order valence-corrected chi connectivity index (χ1v) is 10.3. The van der Waals surface area contributed by atoms with Gasteiger partial charge >= 0.3 is 0 Å². The Bertz CT molecular complexity index is 1300. The number of allylic oxidation sites excluding steroid dienone is 4. The molecule has 1 aromatic heterocycles. The van der Waals surface area contributed by atoms with Gasteiger partial charge in [-0.15, -0.1) is 0 Å². The zero-order valence-corrected chi connectivity index (χ0v) is 18.8. The van der Waals surface area contributed by atoms with Crippen LogP contribution in [0.5, 0.6) is 17.2 Å². The number of Topliss-reactive ketones (excluding diaryl/α,β-unsaturated/α-hetero) is 2. The van der Waals surface area contributed by atoms with Crippen LogP contribution >= 0.6 is 0 Å². The Morgan fingerprint density at radius 2 is 1.88 bits per heavy atom. The van der Waals surface area contributed by atoms with Gasteiger partial charge in [0, 0.05) is 30.3 Å². The summed E-state index contributed by atoms with van der Waals surface area (Å²) in [6, 6.07) is 0. The van der Waals surface area contributed by atoms with Crippen molar-refractivity contribution in [2.45, 2.75) is 46.5 Å². The molecule has 1 aromatic carbocycles. The van der Waals surface area contributed by atoms with Crippen molar-refractivity contribution in [3.63, 3.8) is 0 Å². The molecule has 0 spiro atoms. The number of nitrogens with one attached hydrogen (secondary N) is 1. The number of nitrogens with zero attached hydrogens (tertiary/aromatic N) is 2. The van der Waals surface area contributed by atoms with Gasteiger partial charge in [0.2, 0.25) is 5.89 Å². The van der Waals surface area contributed by atoms with Crippen molar-refractivity contribution in [2.24, 2.45) is 0 Å². The summed E-state index contributed by atoms with van der Waals surface area (Å²) in [5, 5.41) is 28.0. The zero-order chi connectivity index (χ0) is 24.2. The topological polar surface area (TPSA) is 152 Å². The monoisotopic (exact) mass is 453 g/mol. The molecule has 0 saturated heterocycles. The second-order valence-electron chi connectivity index (χ2n) is 8.30. The van der Waals surface area contributed by atoms with Gasteiger partial charge in [-0.25, -0.2) is 0 Å². The second kappa shape index (κ2) is 7.58. The summed E-state index contributed by atoms with van der Waals surface area (Å²) in [5.41, 5.74) is -1.34. The molecular formula is C23H23N3O7. The van der Waals surface area contributed by atoms with Crippen LogP contribution in [0.1, 0.15) is 54.0 Å². The zero-order valence-electron chi connectivity index (χ0n) is 18.8. The van der Waals surface area contributed by atoms with Crippen LogP contribution in [0, 0.1) is 13.8 Å². The number of phenols is 2. The first-order chi connectivity index (χ1) is 15.5. The van der Waals surface area contributed by atoms with Gasteiger partial charge in [0.05, 0.1) is 11.1 Å². The van der Waals surface area contributed by atoms with Crippen molar-refractivity contribution < 1.29 is 33.9 Å². The molecule has 33 heavy (non-hydrogen) atoms. The molecule has 2 aliphatic rings. The number of fused-ring (bicyclic) bond motifs is 3. The lowest BCUT2D eigenvalue weighted by Gasteiger charge is -2.29. The third-order valence-electron chi connectivity index (χ3n) is 6.06. The normalized spacial score (nSPS) is 20.7. The fourth-order valence-electron chi connectivity index (χ4n) is 4.25. The highest BCUT2D eigenvalue weighted by Crippen LogP contribution is 2.57. The standard InChI is InChI=1S/C23H23N3O7/c1-9-19(29)17(11(3)27)21-18(20(9)30)23(5)14(32-21)8-13(28)16(22(23)31)10(2)24-7-6-15-25-12(4)26-33-15/h8,24,29-30H,6-7H2,1-5H3. The molecule has 0 bridgehead atoms. The van der Waals surface area contributed by atoms with Gasteiger partial charge in [-0.3, -0.25) is 14.4 Å². The summed E-state index contributed by atoms with van der Waals surface area (Å²) < 4.78 is 10.8. The van der Waals surface area contributed by atoms with Gasteiger partial charge < -0.3 is 24.8 Å². The van der Waals surface area contributed by atoms with Crippen molar-refractivity contribution in [1.82, 2.24) is 15.5 Å². The van der Waals surface area contributed by atoms with E-state index in [1.165, 1.54) is 26.8 Å². The highest BCUT2D eigenvalue weighted by molar-refractivity contribution is 6.31. The molecule has 2 heterocycles. The van der Waals surface area contributed by atoms with Gasteiger partial charge in [-0.2, -0.15) is 4.98 Å². The van der Waals surface area contributed by atoms with E-state index in [1.54, 1.807) is 13.8 Å². The largest absolute Gasteiger partial charge is 0.507 e. The molecular weight excluding hydrogens is 430 g/mol. The van der Waals surface area contributed by atoms with E-state index in [0.717, 1.165) is 0 Å². The van der Waals surface area contributed by atoms with E-state index >= 15 is 0 Å². The lowest BCUT2D eigenvalue weighted by molar-refractivity contribution is -0.123. The third-order valence-corrected chi connectivity index (χ3v) is 6.06. The number of benzene rings is 1. The van der Waals surface area contributed by atoms with Crippen molar-refractivity contribution >= 4 is 17.3 Å². The fraction of sp³-hybridized carbons (Fsp3) is 0.348. The van der Waals surface area contributed by atoms with Crippen LogP contribution in [0.15, 0.2) is 27.6 Å². The average Bonchev–Trinajstić information content (AvgIpc) is 3.27. The number of ether oxygens (including phenoxy) is 1. The predicted octanol–water partition coefficient (Wildman–Crippen LogP) is 2.09. The first kappa shape index (κ1) is 22.3. The molecule has 0 fully saturated rings. The second-order valence-corrected chi connectivity index (χ2v) is 8.30. The smallest absolute Gasteiger partial charge is 0.228 e. The van der Waals surface area contributed by atoms with Crippen LogP contribution < -0.4 is 10.1 Å². The Morgan fingerprint density at radius 1 is 1.18 bits per heavy atom. The number of aromatic nitrogens is 2. The number of phenolic OH excluding ortho intramolecular Hbond substituents is 2. The molecule has 172 valence electrons. The Labute approximate surface area is 188 Å². The molecule has 4 rings (SSSR count). The highest BCUT2D eigenvalue weighted by atomic mass is 16.5. The maximum Gasteiger partial charge on any atom is 0.228 e. The maximum atomic E-state index is 13.7. The molecule has 0 amide bonds. The number of carbonyl (C=O) groups excluding carboxylic acids is 3. The Balaban J connectivity index is 1.76. The molecule has 3 N–H and O–H groups in total. The van der Waals surface area contributed by atoms with E-state index in [9.17, 15) is 24.6 Å². The Kier molecular flexibility index (Phi) is 5.11. The van der Waals surface area contributed by atoms with Crippen LogP contribution in [-0.4, -0.2) is 44.2 Å². The fourth-order valence-corrected chi connectivity index (χ4v) is 4.25. The van der Waals surface area contributed by atoms with E-state index in [1.807, 2.05) is 0 Å². The lowest BCUT2D eigenvalue weighted by Crippen LogP contribution is -2.41. The Morgan fingerprint density at radius 3 is 2.48 bits per heavy atom. The molecule has 1 atom stereocenters. The summed E-state index contributed by atoms with van der Waals surface area (Å²) in [7, 11) is 0. The van der Waals surface area contributed by atoms with E-state index < -0.39 is 28.5 Å².